The van der Waals surface area contributed by atoms with Crippen molar-refractivity contribution < 1.29 is 19.1 Å². The van der Waals surface area contributed by atoms with Crippen LogP contribution in [0.5, 0.6) is 0 Å². The Balaban J connectivity index is 1.85. The number of benzene rings is 1. The molecule has 1 aromatic carbocycles. The summed E-state index contributed by atoms with van der Waals surface area (Å²) in [6.07, 6.45) is 0.256. The average Bonchev–Trinajstić information content (AvgIpc) is 2.91. The van der Waals surface area contributed by atoms with Crippen LogP contribution < -0.4 is 10.6 Å². The zero-order valence-corrected chi connectivity index (χ0v) is 12.1. The predicted molar refractivity (Wildman–Crippen MR) is 77.7 cm³/mol. The van der Waals surface area contributed by atoms with Gasteiger partial charge in [0.2, 0.25) is 11.8 Å². The third-order valence-electron chi connectivity index (χ3n) is 3.24. The van der Waals surface area contributed by atoms with Crippen LogP contribution in [-0.2, 0) is 25.7 Å². The summed E-state index contributed by atoms with van der Waals surface area (Å²) in [5.41, 5.74) is 1.69. The minimum Gasteiger partial charge on any atom is -0.382 e. The molecule has 0 aromatic heterocycles. The molecule has 2 rings (SSSR count). The quantitative estimate of drug-likeness (QED) is 0.733. The highest BCUT2D eigenvalue weighted by Crippen LogP contribution is 2.15. The maximum absolute atomic E-state index is 12.0. The minimum atomic E-state index is -0.292. The summed E-state index contributed by atoms with van der Waals surface area (Å²) < 4.78 is 10.3. The van der Waals surface area contributed by atoms with E-state index in [1.165, 1.54) is 0 Å². The second-order valence-corrected chi connectivity index (χ2v) is 4.94. The Morgan fingerprint density at radius 2 is 2.29 bits per heavy atom. The lowest BCUT2D eigenvalue weighted by Gasteiger charge is -2.10. The summed E-state index contributed by atoms with van der Waals surface area (Å²) in [6, 6.07) is 7.49. The number of carbonyl (C=O) groups excluding carboxylic acids is 2. The molecule has 2 amide bonds. The molecule has 0 saturated carbocycles. The normalized spacial score (nSPS) is 17.6. The van der Waals surface area contributed by atoms with Crippen LogP contribution in [0.2, 0.25) is 0 Å². The van der Waals surface area contributed by atoms with Crippen LogP contribution in [0.4, 0.5) is 5.69 Å². The van der Waals surface area contributed by atoms with E-state index >= 15 is 0 Å². The van der Waals surface area contributed by atoms with Crippen molar-refractivity contribution in [3.8, 4) is 0 Å². The number of carbonyl (C=O) groups is 2. The molecule has 6 heteroatoms. The van der Waals surface area contributed by atoms with E-state index in [-0.39, 0.29) is 24.2 Å². The van der Waals surface area contributed by atoms with Gasteiger partial charge in [-0.15, -0.1) is 0 Å². The second-order valence-electron chi connectivity index (χ2n) is 4.94. The van der Waals surface area contributed by atoms with Gasteiger partial charge in [-0.1, -0.05) is 12.1 Å². The number of ether oxygens (including phenoxy) is 2. The standard InChI is InChI=1S/C15H20N2O4/c1-20-5-6-21-10-11-3-2-4-13(7-11)17-15(19)12-8-14(18)16-9-12/h2-4,7,12H,5-6,8-10H2,1H3,(H,16,18)(H,17,19). The molecule has 1 aromatic rings. The number of nitrogens with one attached hydrogen (secondary N) is 2. The van der Waals surface area contributed by atoms with E-state index in [9.17, 15) is 9.59 Å². The summed E-state index contributed by atoms with van der Waals surface area (Å²) in [5.74, 6) is -0.500. The van der Waals surface area contributed by atoms with Crippen LogP contribution in [0.15, 0.2) is 24.3 Å². The molecule has 1 saturated heterocycles. The summed E-state index contributed by atoms with van der Waals surface area (Å²) in [4.78, 5) is 23.1. The van der Waals surface area contributed by atoms with E-state index in [0.717, 1.165) is 5.56 Å². The number of hydrogen-bond acceptors (Lipinski definition) is 4. The van der Waals surface area contributed by atoms with Gasteiger partial charge in [-0.25, -0.2) is 0 Å². The summed E-state index contributed by atoms with van der Waals surface area (Å²) in [5, 5.41) is 5.49. The van der Waals surface area contributed by atoms with Crippen molar-refractivity contribution in [3.05, 3.63) is 29.8 Å². The molecule has 6 nitrogen and oxygen atoms in total. The van der Waals surface area contributed by atoms with E-state index < -0.39 is 0 Å². The predicted octanol–water partition coefficient (Wildman–Crippen LogP) is 0.924. The van der Waals surface area contributed by atoms with Gasteiger partial charge in [-0.2, -0.15) is 0 Å². The number of methoxy groups -OCH3 is 1. The minimum absolute atomic E-state index is 0.0737. The van der Waals surface area contributed by atoms with Crippen molar-refractivity contribution in [2.45, 2.75) is 13.0 Å². The summed E-state index contributed by atoms with van der Waals surface area (Å²) in [6.45, 7) is 1.96. The molecule has 1 heterocycles. The van der Waals surface area contributed by atoms with Gasteiger partial charge < -0.3 is 20.1 Å². The molecule has 1 aliphatic rings. The highest BCUT2D eigenvalue weighted by atomic mass is 16.5. The Bertz CT molecular complexity index is 504. The maximum atomic E-state index is 12.0. The fourth-order valence-electron chi connectivity index (χ4n) is 2.11. The molecule has 1 unspecified atom stereocenters. The first-order valence-electron chi connectivity index (χ1n) is 6.92. The smallest absolute Gasteiger partial charge is 0.229 e. The fourth-order valence-corrected chi connectivity index (χ4v) is 2.11. The van der Waals surface area contributed by atoms with Crippen LogP contribution in [0.3, 0.4) is 0 Å². The lowest BCUT2D eigenvalue weighted by molar-refractivity contribution is -0.123. The molecule has 0 aliphatic carbocycles. The van der Waals surface area contributed by atoms with Crippen LogP contribution in [0, 0.1) is 5.92 Å². The Morgan fingerprint density at radius 3 is 3.00 bits per heavy atom. The Morgan fingerprint density at radius 1 is 1.43 bits per heavy atom. The average molecular weight is 292 g/mol. The van der Waals surface area contributed by atoms with E-state index in [0.29, 0.717) is 32.1 Å². The molecule has 0 radical (unpaired) electrons. The maximum Gasteiger partial charge on any atom is 0.229 e. The molecule has 1 fully saturated rings. The first-order chi connectivity index (χ1) is 10.2. The molecular formula is C15H20N2O4. The van der Waals surface area contributed by atoms with Gasteiger partial charge in [-0.3, -0.25) is 9.59 Å². The lowest BCUT2D eigenvalue weighted by atomic mass is 10.1. The lowest BCUT2D eigenvalue weighted by Crippen LogP contribution is -2.24. The zero-order valence-electron chi connectivity index (χ0n) is 12.1. The van der Waals surface area contributed by atoms with Crippen LogP contribution in [0.25, 0.3) is 0 Å². The van der Waals surface area contributed by atoms with E-state index in [1.807, 2.05) is 24.3 Å². The number of amides is 2. The molecule has 21 heavy (non-hydrogen) atoms. The Kier molecular flexibility index (Phi) is 5.71. The van der Waals surface area contributed by atoms with Crippen LogP contribution >= 0.6 is 0 Å². The third-order valence-corrected chi connectivity index (χ3v) is 3.24. The van der Waals surface area contributed by atoms with Crippen molar-refractivity contribution in [1.82, 2.24) is 5.32 Å². The fraction of sp³-hybridized carbons (Fsp3) is 0.467. The topological polar surface area (TPSA) is 76.7 Å². The summed E-state index contributed by atoms with van der Waals surface area (Å²) in [7, 11) is 1.63. The van der Waals surface area contributed by atoms with E-state index in [4.69, 9.17) is 9.47 Å². The largest absolute Gasteiger partial charge is 0.382 e. The highest BCUT2D eigenvalue weighted by Gasteiger charge is 2.27. The van der Waals surface area contributed by atoms with Crippen LogP contribution in [0.1, 0.15) is 12.0 Å². The molecule has 114 valence electrons. The molecule has 1 aliphatic heterocycles. The van der Waals surface area contributed by atoms with Crippen molar-refractivity contribution in [1.29, 1.82) is 0 Å². The third kappa shape index (κ3) is 4.84. The number of hydrogen-bond donors (Lipinski definition) is 2. The molecule has 0 spiro atoms. The monoisotopic (exact) mass is 292 g/mol. The highest BCUT2D eigenvalue weighted by molar-refractivity contribution is 5.97. The van der Waals surface area contributed by atoms with Crippen molar-refractivity contribution in [2.75, 3.05) is 32.2 Å². The zero-order chi connectivity index (χ0) is 15.1. The molecule has 0 bridgehead atoms. The first kappa shape index (κ1) is 15.5. The van der Waals surface area contributed by atoms with Gasteiger partial charge in [-0.05, 0) is 17.7 Å². The van der Waals surface area contributed by atoms with Gasteiger partial charge in [0.15, 0.2) is 0 Å². The SMILES string of the molecule is COCCOCc1cccc(NC(=O)C2CNC(=O)C2)c1. The second kappa shape index (κ2) is 7.75. The Hall–Kier alpha value is -1.92. The van der Waals surface area contributed by atoms with Gasteiger partial charge in [0, 0.05) is 25.8 Å². The van der Waals surface area contributed by atoms with Crippen LogP contribution in [-0.4, -0.2) is 38.7 Å². The molecular weight excluding hydrogens is 272 g/mol. The van der Waals surface area contributed by atoms with Crippen molar-refractivity contribution >= 4 is 17.5 Å². The van der Waals surface area contributed by atoms with Gasteiger partial charge >= 0.3 is 0 Å². The van der Waals surface area contributed by atoms with Gasteiger partial charge in [0.1, 0.15) is 0 Å². The van der Waals surface area contributed by atoms with Gasteiger partial charge in [0.05, 0.1) is 25.7 Å². The summed E-state index contributed by atoms with van der Waals surface area (Å²) >= 11 is 0. The Labute approximate surface area is 123 Å². The van der Waals surface area contributed by atoms with Crippen molar-refractivity contribution in [2.24, 2.45) is 5.92 Å². The first-order valence-corrected chi connectivity index (χ1v) is 6.92. The van der Waals surface area contributed by atoms with E-state index in [1.54, 1.807) is 7.11 Å². The number of rotatable bonds is 7. The van der Waals surface area contributed by atoms with E-state index in [2.05, 4.69) is 10.6 Å². The van der Waals surface area contributed by atoms with Gasteiger partial charge in [0.25, 0.3) is 0 Å². The molecule has 2 N–H and O–H groups in total. The molecule has 1 atom stereocenters. The van der Waals surface area contributed by atoms with Crippen molar-refractivity contribution in [3.63, 3.8) is 0 Å². The number of anilines is 1.